The third-order valence-corrected chi connectivity index (χ3v) is 3.57. The zero-order chi connectivity index (χ0) is 15.9. The summed E-state index contributed by atoms with van der Waals surface area (Å²) in [6.07, 6.45) is 1.13. The zero-order valence-corrected chi connectivity index (χ0v) is 13.0. The average Bonchev–Trinajstić information content (AvgIpc) is 2.51. The molecular weight excluding hydrogens is 284 g/mol. The maximum atomic E-state index is 11.7. The fourth-order valence-corrected chi connectivity index (χ4v) is 2.45. The van der Waals surface area contributed by atoms with Crippen LogP contribution in [0.3, 0.4) is 0 Å². The van der Waals surface area contributed by atoms with Crippen LogP contribution in [0.5, 0.6) is 11.5 Å². The van der Waals surface area contributed by atoms with Gasteiger partial charge in [0.05, 0.1) is 13.7 Å². The van der Waals surface area contributed by atoms with E-state index >= 15 is 0 Å². The molecule has 1 aromatic rings. The first kappa shape index (κ1) is 16.1. The number of methoxy groups -OCH3 is 1. The first-order valence-electron chi connectivity index (χ1n) is 7.40. The molecule has 0 bridgehead atoms. The lowest BCUT2D eigenvalue weighted by Crippen LogP contribution is -2.36. The highest BCUT2D eigenvalue weighted by molar-refractivity contribution is 5.77. The molecule has 2 rings (SSSR count). The quantitative estimate of drug-likeness (QED) is 0.818. The van der Waals surface area contributed by atoms with Crippen LogP contribution in [-0.2, 0) is 16.0 Å². The minimum Gasteiger partial charge on any atom is -0.493 e. The number of para-hydroxylation sites is 1. The molecule has 0 fully saturated rings. The van der Waals surface area contributed by atoms with E-state index < -0.39 is 0 Å². The number of rotatable bonds is 6. The number of carbonyl (C=O) groups is 2. The Kier molecular flexibility index (Phi) is 5.63. The van der Waals surface area contributed by atoms with Gasteiger partial charge in [0.2, 0.25) is 11.8 Å². The van der Waals surface area contributed by atoms with Gasteiger partial charge in [-0.2, -0.15) is 0 Å². The fourth-order valence-electron chi connectivity index (χ4n) is 2.45. The summed E-state index contributed by atoms with van der Waals surface area (Å²) < 4.78 is 11.1. The van der Waals surface area contributed by atoms with Gasteiger partial charge in [-0.3, -0.25) is 9.59 Å². The Balaban J connectivity index is 1.78. The van der Waals surface area contributed by atoms with E-state index in [9.17, 15) is 9.59 Å². The Morgan fingerprint density at radius 3 is 2.91 bits per heavy atom. The van der Waals surface area contributed by atoms with Crippen molar-refractivity contribution >= 4 is 11.8 Å². The second kappa shape index (κ2) is 7.68. The first-order valence-corrected chi connectivity index (χ1v) is 7.40. The van der Waals surface area contributed by atoms with Crippen molar-refractivity contribution in [3.63, 3.8) is 0 Å². The summed E-state index contributed by atoms with van der Waals surface area (Å²) in [6.45, 7) is 2.92. The molecular formula is C16H22N2O4. The smallest absolute Gasteiger partial charge is 0.221 e. The van der Waals surface area contributed by atoms with Crippen molar-refractivity contribution in [3.8, 4) is 11.5 Å². The number of hydrogen-bond donors (Lipinski definition) is 2. The SMILES string of the molecule is COc1cccc2c1OC[C@@H](CNC(=O)CCNC(C)=O)C2. The highest BCUT2D eigenvalue weighted by Crippen LogP contribution is 2.35. The van der Waals surface area contributed by atoms with Crippen LogP contribution in [0.4, 0.5) is 0 Å². The number of nitrogens with one attached hydrogen (secondary N) is 2. The van der Waals surface area contributed by atoms with Crippen molar-refractivity contribution in [1.29, 1.82) is 0 Å². The van der Waals surface area contributed by atoms with Crippen LogP contribution in [0.15, 0.2) is 18.2 Å². The molecule has 0 saturated carbocycles. The fraction of sp³-hybridized carbons (Fsp3) is 0.500. The summed E-state index contributed by atoms with van der Waals surface area (Å²) in [5, 5.41) is 5.49. The molecule has 1 heterocycles. The van der Waals surface area contributed by atoms with Crippen molar-refractivity contribution in [2.75, 3.05) is 26.8 Å². The number of carbonyl (C=O) groups excluding carboxylic acids is 2. The lowest BCUT2D eigenvalue weighted by molar-refractivity contribution is -0.121. The number of amides is 2. The molecule has 0 spiro atoms. The van der Waals surface area contributed by atoms with Gasteiger partial charge >= 0.3 is 0 Å². The molecule has 1 atom stereocenters. The molecule has 6 heteroatoms. The Morgan fingerprint density at radius 2 is 2.18 bits per heavy atom. The van der Waals surface area contributed by atoms with Gasteiger partial charge in [0.1, 0.15) is 0 Å². The third kappa shape index (κ3) is 4.38. The van der Waals surface area contributed by atoms with Gasteiger partial charge in [-0.05, 0) is 18.1 Å². The van der Waals surface area contributed by atoms with Crippen LogP contribution >= 0.6 is 0 Å². The van der Waals surface area contributed by atoms with Gasteiger partial charge in [0.25, 0.3) is 0 Å². The molecule has 2 amide bonds. The van der Waals surface area contributed by atoms with E-state index in [2.05, 4.69) is 10.6 Å². The standard InChI is InChI=1S/C16H22N2O4/c1-11(19)17-7-6-15(20)18-9-12-8-13-4-3-5-14(21-2)16(13)22-10-12/h3-5,12H,6-10H2,1-2H3,(H,17,19)(H,18,20)/t12-/m1/s1. The lowest BCUT2D eigenvalue weighted by atomic mass is 9.96. The molecule has 0 saturated heterocycles. The van der Waals surface area contributed by atoms with E-state index in [0.29, 0.717) is 19.7 Å². The van der Waals surface area contributed by atoms with Crippen molar-refractivity contribution in [1.82, 2.24) is 10.6 Å². The number of fused-ring (bicyclic) bond motifs is 1. The van der Waals surface area contributed by atoms with Gasteiger partial charge in [-0.1, -0.05) is 12.1 Å². The van der Waals surface area contributed by atoms with Crippen molar-refractivity contribution in [2.24, 2.45) is 5.92 Å². The Bertz CT molecular complexity index is 545. The molecule has 0 radical (unpaired) electrons. The van der Waals surface area contributed by atoms with E-state index in [0.717, 1.165) is 23.5 Å². The summed E-state index contributed by atoms with van der Waals surface area (Å²) in [5.41, 5.74) is 1.10. The molecule has 1 aliphatic rings. The summed E-state index contributed by atoms with van der Waals surface area (Å²) in [7, 11) is 1.63. The highest BCUT2D eigenvalue weighted by atomic mass is 16.5. The molecule has 1 aliphatic heterocycles. The summed E-state index contributed by atoms with van der Waals surface area (Å²) in [6, 6.07) is 5.83. The lowest BCUT2D eigenvalue weighted by Gasteiger charge is -2.26. The highest BCUT2D eigenvalue weighted by Gasteiger charge is 2.22. The Morgan fingerprint density at radius 1 is 1.36 bits per heavy atom. The van der Waals surface area contributed by atoms with Crippen LogP contribution in [0, 0.1) is 5.92 Å². The van der Waals surface area contributed by atoms with Crippen molar-refractivity contribution in [3.05, 3.63) is 23.8 Å². The molecule has 0 aliphatic carbocycles. The maximum absolute atomic E-state index is 11.7. The van der Waals surface area contributed by atoms with Crippen LogP contribution in [-0.4, -0.2) is 38.6 Å². The topological polar surface area (TPSA) is 76.7 Å². The zero-order valence-electron chi connectivity index (χ0n) is 13.0. The number of hydrogen-bond acceptors (Lipinski definition) is 4. The van der Waals surface area contributed by atoms with E-state index in [1.54, 1.807) is 7.11 Å². The summed E-state index contributed by atoms with van der Waals surface area (Å²) >= 11 is 0. The number of ether oxygens (including phenoxy) is 2. The molecule has 120 valence electrons. The second-order valence-corrected chi connectivity index (χ2v) is 5.37. The largest absolute Gasteiger partial charge is 0.493 e. The van der Waals surface area contributed by atoms with Crippen LogP contribution in [0.2, 0.25) is 0 Å². The molecule has 22 heavy (non-hydrogen) atoms. The molecule has 6 nitrogen and oxygen atoms in total. The minimum atomic E-state index is -0.126. The van der Waals surface area contributed by atoms with E-state index in [4.69, 9.17) is 9.47 Å². The Labute approximate surface area is 130 Å². The number of benzene rings is 1. The second-order valence-electron chi connectivity index (χ2n) is 5.37. The van der Waals surface area contributed by atoms with Gasteiger partial charge in [-0.15, -0.1) is 0 Å². The molecule has 1 aromatic carbocycles. The van der Waals surface area contributed by atoms with Gasteiger partial charge in [0.15, 0.2) is 11.5 Å². The molecule has 2 N–H and O–H groups in total. The predicted molar refractivity (Wildman–Crippen MR) is 82.0 cm³/mol. The first-order chi connectivity index (χ1) is 10.6. The van der Waals surface area contributed by atoms with Crippen molar-refractivity contribution in [2.45, 2.75) is 19.8 Å². The minimum absolute atomic E-state index is 0.0646. The van der Waals surface area contributed by atoms with E-state index in [-0.39, 0.29) is 24.2 Å². The van der Waals surface area contributed by atoms with Crippen LogP contribution < -0.4 is 20.1 Å². The third-order valence-electron chi connectivity index (χ3n) is 3.57. The van der Waals surface area contributed by atoms with Gasteiger partial charge in [-0.25, -0.2) is 0 Å². The van der Waals surface area contributed by atoms with E-state index in [1.165, 1.54) is 6.92 Å². The van der Waals surface area contributed by atoms with Crippen LogP contribution in [0.25, 0.3) is 0 Å². The van der Waals surface area contributed by atoms with Gasteiger partial charge < -0.3 is 20.1 Å². The normalized spacial score (nSPS) is 16.2. The van der Waals surface area contributed by atoms with Crippen LogP contribution in [0.1, 0.15) is 18.9 Å². The monoisotopic (exact) mass is 306 g/mol. The average molecular weight is 306 g/mol. The summed E-state index contributed by atoms with van der Waals surface area (Å²) in [5.74, 6) is 1.60. The van der Waals surface area contributed by atoms with Gasteiger partial charge in [0, 0.05) is 32.4 Å². The molecule has 0 aromatic heterocycles. The molecule has 0 unspecified atom stereocenters. The van der Waals surface area contributed by atoms with E-state index in [1.807, 2.05) is 18.2 Å². The predicted octanol–water partition coefficient (Wildman–Crippen LogP) is 0.889. The Hall–Kier alpha value is -2.24. The maximum Gasteiger partial charge on any atom is 0.221 e. The van der Waals surface area contributed by atoms with Crippen molar-refractivity contribution < 1.29 is 19.1 Å². The summed E-state index contributed by atoms with van der Waals surface area (Å²) in [4.78, 5) is 22.4.